The molecule has 0 aliphatic rings. The summed E-state index contributed by atoms with van der Waals surface area (Å²) in [7, 11) is 0. The van der Waals surface area contributed by atoms with Crippen LogP contribution in [0.15, 0.2) is 48.5 Å². The van der Waals surface area contributed by atoms with Crippen molar-refractivity contribution >= 4 is 5.97 Å². The number of esters is 1. The van der Waals surface area contributed by atoms with E-state index < -0.39 is 0 Å². The topological polar surface area (TPSA) is 46.5 Å². The molecule has 2 rings (SSSR count). The molecule has 110 valence electrons. The lowest BCUT2D eigenvalue weighted by molar-refractivity contribution is 0.0509. The number of hydrogen-bond donors (Lipinski definition) is 1. The molecule has 1 N–H and O–H groups in total. The van der Waals surface area contributed by atoms with Gasteiger partial charge in [0.2, 0.25) is 0 Å². The lowest BCUT2D eigenvalue weighted by Gasteiger charge is -2.06. The van der Waals surface area contributed by atoms with Crippen molar-refractivity contribution in [1.82, 2.24) is 0 Å². The molecule has 0 bridgehead atoms. The molecule has 0 aliphatic carbocycles. The molecule has 0 spiro atoms. The minimum Gasteiger partial charge on any atom is -0.508 e. The van der Waals surface area contributed by atoms with Crippen molar-refractivity contribution in [1.29, 1.82) is 0 Å². The van der Waals surface area contributed by atoms with Crippen LogP contribution in [0.1, 0.15) is 34.8 Å². The smallest absolute Gasteiger partial charge is 0.338 e. The monoisotopic (exact) mass is 284 g/mol. The number of aromatic hydroxyl groups is 1. The summed E-state index contributed by atoms with van der Waals surface area (Å²) in [5.41, 5.74) is 2.95. The summed E-state index contributed by atoms with van der Waals surface area (Å²) >= 11 is 0. The molecule has 3 nitrogen and oxygen atoms in total. The molecule has 0 saturated heterocycles. The Kier molecular flexibility index (Phi) is 5.38. The van der Waals surface area contributed by atoms with Crippen LogP contribution < -0.4 is 0 Å². The molecule has 0 fully saturated rings. The third-order valence-electron chi connectivity index (χ3n) is 3.29. The second-order valence-electron chi connectivity index (χ2n) is 5.00. The lowest BCUT2D eigenvalue weighted by atomic mass is 10.1. The highest BCUT2D eigenvalue weighted by Crippen LogP contribution is 2.11. The van der Waals surface area contributed by atoms with Crippen molar-refractivity contribution < 1.29 is 14.6 Å². The average Bonchev–Trinajstić information content (AvgIpc) is 2.50. The van der Waals surface area contributed by atoms with Gasteiger partial charge < -0.3 is 9.84 Å². The van der Waals surface area contributed by atoms with E-state index in [1.54, 1.807) is 12.1 Å². The summed E-state index contributed by atoms with van der Waals surface area (Å²) in [6, 6.07) is 14.5. The summed E-state index contributed by atoms with van der Waals surface area (Å²) < 4.78 is 5.23. The Labute approximate surface area is 125 Å². The Balaban J connectivity index is 1.80. The van der Waals surface area contributed by atoms with Crippen LogP contribution >= 0.6 is 0 Å². The minimum atomic E-state index is -0.363. The van der Waals surface area contributed by atoms with Crippen LogP contribution in [0.3, 0.4) is 0 Å². The molecule has 21 heavy (non-hydrogen) atoms. The van der Waals surface area contributed by atoms with E-state index in [1.807, 2.05) is 0 Å². The van der Waals surface area contributed by atoms with Crippen LogP contribution in [-0.2, 0) is 17.6 Å². The maximum absolute atomic E-state index is 11.8. The van der Waals surface area contributed by atoms with Crippen molar-refractivity contribution in [3.63, 3.8) is 0 Å². The van der Waals surface area contributed by atoms with Crippen LogP contribution in [-0.4, -0.2) is 17.7 Å². The maximum atomic E-state index is 11.8. The Hall–Kier alpha value is -2.29. The molecule has 0 radical (unpaired) electrons. The number of hydrogen-bond acceptors (Lipinski definition) is 3. The standard InChI is InChI=1S/C18H20O3/c1-2-3-14-4-6-15(7-5-14)12-13-21-18(20)16-8-10-17(19)11-9-16/h4-11,19H,2-3,12-13H2,1H3. The zero-order valence-electron chi connectivity index (χ0n) is 12.2. The van der Waals surface area contributed by atoms with Gasteiger partial charge in [0.15, 0.2) is 0 Å². The van der Waals surface area contributed by atoms with E-state index in [0.29, 0.717) is 18.6 Å². The SMILES string of the molecule is CCCc1ccc(CCOC(=O)c2ccc(O)cc2)cc1. The maximum Gasteiger partial charge on any atom is 0.338 e. The molecule has 2 aromatic carbocycles. The van der Waals surface area contributed by atoms with Crippen molar-refractivity contribution in [2.24, 2.45) is 0 Å². The van der Waals surface area contributed by atoms with Gasteiger partial charge in [-0.25, -0.2) is 4.79 Å². The molecule has 0 aromatic heterocycles. The van der Waals surface area contributed by atoms with Gasteiger partial charge >= 0.3 is 5.97 Å². The van der Waals surface area contributed by atoms with Gasteiger partial charge in [0.25, 0.3) is 0 Å². The van der Waals surface area contributed by atoms with Gasteiger partial charge in [0, 0.05) is 6.42 Å². The summed E-state index contributed by atoms with van der Waals surface area (Å²) in [6.07, 6.45) is 2.94. The molecule has 0 heterocycles. The molecule has 0 aliphatic heterocycles. The van der Waals surface area contributed by atoms with Gasteiger partial charge in [0.05, 0.1) is 12.2 Å². The Morgan fingerprint density at radius 2 is 1.52 bits per heavy atom. The number of ether oxygens (including phenoxy) is 1. The quantitative estimate of drug-likeness (QED) is 0.822. The summed E-state index contributed by atoms with van der Waals surface area (Å²) in [6.45, 7) is 2.52. The largest absolute Gasteiger partial charge is 0.508 e. The highest BCUT2D eigenvalue weighted by atomic mass is 16.5. The van der Waals surface area contributed by atoms with Crippen molar-refractivity contribution in [3.8, 4) is 5.75 Å². The van der Waals surface area contributed by atoms with E-state index >= 15 is 0 Å². The van der Waals surface area contributed by atoms with E-state index in [1.165, 1.54) is 17.7 Å². The van der Waals surface area contributed by atoms with Gasteiger partial charge in [-0.3, -0.25) is 0 Å². The highest BCUT2D eigenvalue weighted by molar-refractivity contribution is 5.89. The minimum absolute atomic E-state index is 0.138. The molecule has 3 heteroatoms. The number of benzene rings is 2. The first-order valence-electron chi connectivity index (χ1n) is 7.23. The molecular formula is C18H20O3. The van der Waals surface area contributed by atoms with Gasteiger partial charge in [-0.1, -0.05) is 37.6 Å². The van der Waals surface area contributed by atoms with Gasteiger partial charge in [-0.05, 0) is 41.8 Å². The van der Waals surface area contributed by atoms with E-state index in [-0.39, 0.29) is 11.7 Å². The third-order valence-corrected chi connectivity index (χ3v) is 3.29. The fourth-order valence-electron chi connectivity index (χ4n) is 2.10. The van der Waals surface area contributed by atoms with Crippen LogP contribution in [0.25, 0.3) is 0 Å². The Morgan fingerprint density at radius 3 is 2.10 bits per heavy atom. The van der Waals surface area contributed by atoms with E-state index in [0.717, 1.165) is 18.4 Å². The van der Waals surface area contributed by atoms with E-state index in [4.69, 9.17) is 4.74 Å². The van der Waals surface area contributed by atoms with E-state index in [2.05, 4.69) is 31.2 Å². The van der Waals surface area contributed by atoms with Crippen LogP contribution in [0, 0.1) is 0 Å². The first kappa shape index (κ1) is 15.1. The number of aryl methyl sites for hydroxylation is 1. The van der Waals surface area contributed by atoms with Crippen molar-refractivity contribution in [3.05, 3.63) is 65.2 Å². The lowest BCUT2D eigenvalue weighted by Crippen LogP contribution is -2.08. The van der Waals surface area contributed by atoms with Crippen LogP contribution in [0.4, 0.5) is 0 Å². The number of phenolic OH excluding ortho intramolecular Hbond substituents is 1. The molecule has 2 aromatic rings. The first-order chi connectivity index (χ1) is 10.2. The van der Waals surface area contributed by atoms with Crippen molar-refractivity contribution in [2.45, 2.75) is 26.2 Å². The van der Waals surface area contributed by atoms with Crippen LogP contribution in [0.5, 0.6) is 5.75 Å². The predicted molar refractivity (Wildman–Crippen MR) is 82.5 cm³/mol. The van der Waals surface area contributed by atoms with Crippen molar-refractivity contribution in [2.75, 3.05) is 6.61 Å². The molecule has 0 unspecified atom stereocenters. The Morgan fingerprint density at radius 1 is 0.952 bits per heavy atom. The summed E-state index contributed by atoms with van der Waals surface area (Å²) in [5, 5.41) is 9.17. The summed E-state index contributed by atoms with van der Waals surface area (Å²) in [4.78, 5) is 11.8. The second-order valence-corrected chi connectivity index (χ2v) is 5.00. The predicted octanol–water partition coefficient (Wildman–Crippen LogP) is 3.74. The van der Waals surface area contributed by atoms with Gasteiger partial charge in [-0.2, -0.15) is 0 Å². The normalized spacial score (nSPS) is 10.3. The van der Waals surface area contributed by atoms with E-state index in [9.17, 15) is 9.90 Å². The number of carbonyl (C=O) groups excluding carboxylic acids is 1. The zero-order valence-corrected chi connectivity index (χ0v) is 12.2. The average molecular weight is 284 g/mol. The molecule has 0 atom stereocenters. The Bertz CT molecular complexity index is 570. The second kappa shape index (κ2) is 7.48. The van der Waals surface area contributed by atoms with Gasteiger partial charge in [0.1, 0.15) is 5.75 Å². The highest BCUT2D eigenvalue weighted by Gasteiger charge is 2.06. The third kappa shape index (κ3) is 4.63. The first-order valence-corrected chi connectivity index (χ1v) is 7.23. The molecule has 0 amide bonds. The zero-order chi connectivity index (χ0) is 15.1. The fourth-order valence-corrected chi connectivity index (χ4v) is 2.10. The van der Waals surface area contributed by atoms with Crippen LogP contribution in [0.2, 0.25) is 0 Å². The fraction of sp³-hybridized carbons (Fsp3) is 0.278. The number of carbonyl (C=O) groups is 1. The summed E-state index contributed by atoms with van der Waals surface area (Å²) in [5.74, 6) is -0.226. The number of rotatable bonds is 6. The molecule has 0 saturated carbocycles. The molecular weight excluding hydrogens is 264 g/mol. The van der Waals surface area contributed by atoms with Gasteiger partial charge in [-0.15, -0.1) is 0 Å². The number of phenols is 1.